The third kappa shape index (κ3) is 4.93. The molecule has 1 unspecified atom stereocenters. The predicted octanol–water partition coefficient (Wildman–Crippen LogP) is 3.50. The Morgan fingerprint density at radius 2 is 1.82 bits per heavy atom. The zero-order valence-corrected chi connectivity index (χ0v) is 22.1. The highest BCUT2D eigenvalue weighted by molar-refractivity contribution is 5.67. The molecule has 1 aliphatic heterocycles. The van der Waals surface area contributed by atoms with Crippen molar-refractivity contribution in [2.75, 3.05) is 20.2 Å². The molecule has 2 atom stereocenters. The smallest absolute Gasteiger partial charge is 0.407 e. The lowest BCUT2D eigenvalue weighted by molar-refractivity contribution is -0.124. The van der Waals surface area contributed by atoms with Crippen LogP contribution in [0, 0.1) is 17.3 Å². The number of hydrogen-bond acceptors (Lipinski definition) is 7. The first-order valence-electron chi connectivity index (χ1n) is 12.3. The second kappa shape index (κ2) is 10.0. The quantitative estimate of drug-likeness (QED) is 0.425. The van der Waals surface area contributed by atoms with Gasteiger partial charge in [-0.05, 0) is 42.0 Å². The number of pyridine rings is 1. The highest BCUT2D eigenvalue weighted by Gasteiger charge is 2.57. The fraction of sp³-hybridized carbons (Fsp3) is 0.379. The van der Waals surface area contributed by atoms with Crippen LogP contribution < -0.4 is 4.74 Å². The first-order valence-corrected chi connectivity index (χ1v) is 12.3. The Kier molecular flexibility index (Phi) is 7.15. The number of likely N-dealkylation sites (tertiary alicyclic amines) is 1. The largest absolute Gasteiger partial charge is 0.481 e. The minimum Gasteiger partial charge on any atom is -0.481 e. The van der Waals surface area contributed by atoms with Gasteiger partial charge in [0.2, 0.25) is 5.88 Å². The van der Waals surface area contributed by atoms with Crippen LogP contribution in [-0.2, 0) is 11.2 Å². The maximum absolute atomic E-state index is 12.3. The summed E-state index contributed by atoms with van der Waals surface area (Å²) in [5, 5.41) is 40.9. The Morgan fingerprint density at radius 1 is 1.13 bits per heavy atom. The molecule has 4 rings (SSSR count). The lowest BCUT2D eigenvalue weighted by Gasteiger charge is -2.55. The van der Waals surface area contributed by atoms with Gasteiger partial charge in [0.15, 0.2) is 5.60 Å². The summed E-state index contributed by atoms with van der Waals surface area (Å²) in [6.45, 7) is 7.84. The summed E-state index contributed by atoms with van der Waals surface area (Å²) in [4.78, 5) is 17.1. The Hall–Kier alpha value is -4.00. The lowest BCUT2D eigenvalue weighted by Crippen LogP contribution is -2.66. The molecular formula is C29H32N4O5. The third-order valence-electron chi connectivity index (χ3n) is 7.16. The molecule has 3 N–H and O–H groups in total. The van der Waals surface area contributed by atoms with E-state index in [2.05, 4.69) is 40.9 Å². The molecule has 1 fully saturated rings. The SMILES string of the molecule is COc1cccc([C@](C)(O)C#Cc2cc(C(O)(c3ccc(C(C)C)cc3)C3(C)CN(C(=O)O)C3)cnn2)n1. The number of nitrogens with zero attached hydrogens (tertiary/aromatic N) is 4. The van der Waals surface area contributed by atoms with E-state index in [9.17, 15) is 20.1 Å². The molecule has 0 spiro atoms. The number of rotatable bonds is 6. The predicted molar refractivity (Wildman–Crippen MR) is 141 cm³/mol. The van der Waals surface area contributed by atoms with Crippen molar-refractivity contribution in [3.05, 3.63) is 82.8 Å². The maximum atomic E-state index is 12.3. The number of aliphatic hydroxyl groups is 2. The van der Waals surface area contributed by atoms with Gasteiger partial charge in [0.1, 0.15) is 11.3 Å². The Balaban J connectivity index is 1.75. The summed E-state index contributed by atoms with van der Waals surface area (Å²) in [5.41, 5.74) is -1.28. The highest BCUT2D eigenvalue weighted by atomic mass is 16.5. The molecule has 3 aromatic rings. The molecule has 1 amide bonds. The molecule has 0 saturated carbocycles. The van der Waals surface area contributed by atoms with E-state index in [1.165, 1.54) is 25.1 Å². The van der Waals surface area contributed by atoms with Gasteiger partial charge < -0.3 is 25.0 Å². The number of aromatic nitrogens is 3. The second-order valence-corrected chi connectivity index (χ2v) is 10.4. The summed E-state index contributed by atoms with van der Waals surface area (Å²) in [6.07, 6.45) is 0.436. The van der Waals surface area contributed by atoms with Crippen molar-refractivity contribution >= 4 is 6.09 Å². The molecule has 198 valence electrons. The van der Waals surface area contributed by atoms with Crippen LogP contribution in [0.5, 0.6) is 5.88 Å². The Bertz CT molecular complexity index is 1390. The van der Waals surface area contributed by atoms with E-state index in [0.717, 1.165) is 5.56 Å². The molecule has 1 saturated heterocycles. The zero-order valence-electron chi connectivity index (χ0n) is 22.1. The van der Waals surface area contributed by atoms with Crippen LogP contribution >= 0.6 is 0 Å². The van der Waals surface area contributed by atoms with Gasteiger partial charge in [0.25, 0.3) is 0 Å². The molecule has 2 aromatic heterocycles. The molecule has 9 nitrogen and oxygen atoms in total. The molecule has 0 bridgehead atoms. The van der Waals surface area contributed by atoms with Crippen molar-refractivity contribution in [3.8, 4) is 17.7 Å². The Morgan fingerprint density at radius 3 is 2.42 bits per heavy atom. The van der Waals surface area contributed by atoms with Gasteiger partial charge in [0.05, 0.1) is 19.0 Å². The van der Waals surface area contributed by atoms with Crippen LogP contribution in [0.25, 0.3) is 0 Å². The van der Waals surface area contributed by atoms with Crippen molar-refractivity contribution in [2.45, 2.75) is 44.8 Å². The molecule has 1 aromatic carbocycles. The van der Waals surface area contributed by atoms with E-state index in [0.29, 0.717) is 28.6 Å². The van der Waals surface area contributed by atoms with Crippen LogP contribution in [0.15, 0.2) is 54.7 Å². The number of benzene rings is 1. The average molecular weight is 517 g/mol. The minimum absolute atomic E-state index is 0.143. The number of methoxy groups -OCH3 is 1. The summed E-state index contributed by atoms with van der Waals surface area (Å²) < 4.78 is 5.14. The van der Waals surface area contributed by atoms with E-state index in [1.807, 2.05) is 31.2 Å². The van der Waals surface area contributed by atoms with Crippen LogP contribution in [0.4, 0.5) is 4.79 Å². The van der Waals surface area contributed by atoms with Gasteiger partial charge in [-0.25, -0.2) is 9.78 Å². The third-order valence-corrected chi connectivity index (χ3v) is 7.16. The fourth-order valence-corrected chi connectivity index (χ4v) is 4.81. The summed E-state index contributed by atoms with van der Waals surface area (Å²) in [6, 6.07) is 14.3. The molecule has 0 radical (unpaired) electrons. The molecule has 38 heavy (non-hydrogen) atoms. The van der Waals surface area contributed by atoms with Gasteiger partial charge in [-0.15, -0.1) is 5.10 Å². The molecule has 1 aliphatic rings. The van der Waals surface area contributed by atoms with Gasteiger partial charge in [0, 0.05) is 30.1 Å². The van der Waals surface area contributed by atoms with Crippen molar-refractivity contribution < 1.29 is 24.9 Å². The first kappa shape index (κ1) is 27.0. The van der Waals surface area contributed by atoms with Crippen molar-refractivity contribution in [1.29, 1.82) is 0 Å². The molecular weight excluding hydrogens is 484 g/mol. The summed E-state index contributed by atoms with van der Waals surface area (Å²) in [5.74, 6) is 6.31. The number of ether oxygens (including phenoxy) is 1. The van der Waals surface area contributed by atoms with Gasteiger partial charge in [-0.3, -0.25) is 0 Å². The normalized spacial score (nSPS) is 17.4. The minimum atomic E-state index is -1.60. The molecule has 3 heterocycles. The van der Waals surface area contributed by atoms with Crippen LogP contribution in [0.1, 0.15) is 61.7 Å². The Labute approximate surface area is 222 Å². The zero-order chi connectivity index (χ0) is 27.7. The van der Waals surface area contributed by atoms with Crippen molar-refractivity contribution in [3.63, 3.8) is 0 Å². The molecule has 9 heteroatoms. The van der Waals surface area contributed by atoms with Crippen LogP contribution in [0.3, 0.4) is 0 Å². The van der Waals surface area contributed by atoms with E-state index in [4.69, 9.17) is 4.74 Å². The van der Waals surface area contributed by atoms with E-state index in [1.54, 1.807) is 24.3 Å². The number of carboxylic acid groups (broad SMARTS) is 1. The van der Waals surface area contributed by atoms with Crippen molar-refractivity contribution in [1.82, 2.24) is 20.1 Å². The number of carbonyl (C=O) groups is 1. The van der Waals surface area contributed by atoms with Crippen LogP contribution in [-0.4, -0.2) is 61.7 Å². The second-order valence-electron chi connectivity index (χ2n) is 10.4. The summed E-state index contributed by atoms with van der Waals surface area (Å²) >= 11 is 0. The maximum Gasteiger partial charge on any atom is 0.407 e. The number of amides is 1. The van der Waals surface area contributed by atoms with Gasteiger partial charge in [-0.1, -0.05) is 57.0 Å². The van der Waals surface area contributed by atoms with E-state index in [-0.39, 0.29) is 18.8 Å². The van der Waals surface area contributed by atoms with E-state index < -0.39 is 22.7 Å². The van der Waals surface area contributed by atoms with Gasteiger partial charge in [-0.2, -0.15) is 5.10 Å². The standard InChI is InChI=1S/C29H32N4O5/c1-19(2)20-9-11-21(12-10-20)29(37,27(3)17-33(18-27)26(34)35)22-15-23(32-30-16-22)13-14-28(4,36)24-7-6-8-25(31-24)38-5/h6-12,15-16,19,36-37H,17-18H2,1-5H3,(H,34,35)/t28-,29?/m1/s1. The van der Waals surface area contributed by atoms with E-state index >= 15 is 0 Å². The van der Waals surface area contributed by atoms with Crippen molar-refractivity contribution in [2.24, 2.45) is 5.41 Å². The molecule has 0 aliphatic carbocycles. The highest BCUT2D eigenvalue weighted by Crippen LogP contribution is 2.50. The first-order chi connectivity index (χ1) is 17.9. The summed E-state index contributed by atoms with van der Waals surface area (Å²) in [7, 11) is 1.49. The topological polar surface area (TPSA) is 129 Å². The number of hydrogen-bond donors (Lipinski definition) is 3. The van der Waals surface area contributed by atoms with Crippen LogP contribution in [0.2, 0.25) is 0 Å². The van der Waals surface area contributed by atoms with Gasteiger partial charge >= 0.3 is 6.09 Å². The lowest BCUT2D eigenvalue weighted by atomic mass is 9.62. The average Bonchev–Trinajstić information content (AvgIpc) is 2.89. The monoisotopic (exact) mass is 516 g/mol. The fourth-order valence-electron chi connectivity index (χ4n) is 4.81.